The number of hydrogen-bond acceptors (Lipinski definition) is 8. The van der Waals surface area contributed by atoms with E-state index in [0.717, 1.165) is 53.5 Å². The van der Waals surface area contributed by atoms with Gasteiger partial charge >= 0.3 is 0 Å². The van der Waals surface area contributed by atoms with E-state index in [1.807, 2.05) is 41.1 Å². The van der Waals surface area contributed by atoms with Gasteiger partial charge in [0.2, 0.25) is 15.9 Å². The van der Waals surface area contributed by atoms with Crippen molar-refractivity contribution in [2.24, 2.45) is 0 Å². The van der Waals surface area contributed by atoms with Crippen molar-refractivity contribution < 1.29 is 27.5 Å². The number of sulfonamides is 1. The molecule has 0 fully saturated rings. The van der Waals surface area contributed by atoms with E-state index in [1.165, 1.54) is 25.7 Å². The molecule has 3 N–H and O–H groups in total. The minimum absolute atomic E-state index is 0.0898. The number of allylic oxidation sites excluding steroid dienone is 2. The van der Waals surface area contributed by atoms with E-state index in [-0.39, 0.29) is 17.9 Å². The standard InChI is InChI=1S/C40H51N5O6S/c1-6-7-8-9-10-23-51-34-21-17-29(18-22-34)32-25-41-37(42-26-32)30-13-11-28(12-14-30)24-35(39(48)43-27-36(46)45-52(5,49)50)44-38(47)31-15-19-33(20-16-31)40(2,3)4/h11-21,25-26,34-35H,6-10,22-24,27H2,1-5H3,(H,43,48)(H,44,47)(H,45,46)/t34?,35-/m0/s1. The summed E-state index contributed by atoms with van der Waals surface area (Å²) >= 11 is 0. The number of ether oxygens (including phenoxy) is 1. The van der Waals surface area contributed by atoms with Crippen molar-refractivity contribution >= 4 is 33.3 Å². The Bertz CT molecular complexity index is 1830. The van der Waals surface area contributed by atoms with Crippen LogP contribution in [0.1, 0.15) is 93.3 Å². The summed E-state index contributed by atoms with van der Waals surface area (Å²) in [4.78, 5) is 47.7. The largest absolute Gasteiger partial charge is 0.374 e. The third-order valence-corrected chi connectivity index (χ3v) is 9.23. The highest BCUT2D eigenvalue weighted by Crippen LogP contribution is 2.25. The van der Waals surface area contributed by atoms with E-state index in [2.05, 4.69) is 66.5 Å². The van der Waals surface area contributed by atoms with Gasteiger partial charge in [0, 0.05) is 42.1 Å². The zero-order valence-electron chi connectivity index (χ0n) is 30.8. The number of nitrogens with one attached hydrogen (secondary N) is 3. The number of aromatic nitrogens is 2. The topological polar surface area (TPSA) is 156 Å². The van der Waals surface area contributed by atoms with E-state index >= 15 is 0 Å². The van der Waals surface area contributed by atoms with Gasteiger partial charge in [0.25, 0.3) is 11.8 Å². The molecule has 3 aromatic rings. The number of carbonyl (C=O) groups is 3. The van der Waals surface area contributed by atoms with Gasteiger partial charge in [-0.1, -0.05) is 108 Å². The number of unbranched alkanes of at least 4 members (excludes halogenated alkanes) is 4. The van der Waals surface area contributed by atoms with Gasteiger partial charge < -0.3 is 15.4 Å². The molecule has 11 nitrogen and oxygen atoms in total. The van der Waals surface area contributed by atoms with E-state index < -0.39 is 40.3 Å². The summed E-state index contributed by atoms with van der Waals surface area (Å²) in [5.41, 5.74) is 4.81. The van der Waals surface area contributed by atoms with Gasteiger partial charge in [0.15, 0.2) is 5.82 Å². The predicted octanol–water partition coefficient (Wildman–Crippen LogP) is 5.67. The molecule has 12 heteroatoms. The van der Waals surface area contributed by atoms with Gasteiger partial charge in [0.05, 0.1) is 18.9 Å². The lowest BCUT2D eigenvalue weighted by Crippen LogP contribution is -2.50. The summed E-state index contributed by atoms with van der Waals surface area (Å²) in [6.45, 7) is 8.63. The zero-order valence-corrected chi connectivity index (χ0v) is 31.6. The highest BCUT2D eigenvalue weighted by atomic mass is 32.2. The van der Waals surface area contributed by atoms with Gasteiger partial charge in [-0.25, -0.2) is 18.4 Å². The molecule has 1 aliphatic carbocycles. The molecule has 0 spiro atoms. The first-order chi connectivity index (χ1) is 24.7. The zero-order chi connectivity index (χ0) is 37.7. The van der Waals surface area contributed by atoms with Crippen LogP contribution in [0.4, 0.5) is 0 Å². The van der Waals surface area contributed by atoms with Crippen molar-refractivity contribution in [3.05, 3.63) is 101 Å². The molecule has 1 heterocycles. The van der Waals surface area contributed by atoms with E-state index in [0.29, 0.717) is 11.4 Å². The van der Waals surface area contributed by atoms with Crippen molar-refractivity contribution in [3.8, 4) is 11.4 Å². The maximum atomic E-state index is 13.2. The molecule has 1 aliphatic rings. The molecule has 52 heavy (non-hydrogen) atoms. The molecule has 1 unspecified atom stereocenters. The van der Waals surface area contributed by atoms with Crippen LogP contribution in [0.5, 0.6) is 0 Å². The summed E-state index contributed by atoms with van der Waals surface area (Å²) in [6.07, 6.45) is 17.8. The fourth-order valence-electron chi connectivity index (χ4n) is 5.64. The first-order valence-electron chi connectivity index (χ1n) is 17.8. The average Bonchev–Trinajstić information content (AvgIpc) is 3.11. The molecule has 2 aromatic carbocycles. The van der Waals surface area contributed by atoms with Crippen LogP contribution in [-0.2, 0) is 36.2 Å². The van der Waals surface area contributed by atoms with Crippen molar-refractivity contribution in [2.75, 3.05) is 19.4 Å². The second-order valence-electron chi connectivity index (χ2n) is 14.1. The molecule has 0 aliphatic heterocycles. The lowest BCUT2D eigenvalue weighted by Gasteiger charge is -2.20. The van der Waals surface area contributed by atoms with Gasteiger partial charge in [-0.2, -0.15) is 0 Å². The quantitative estimate of drug-likeness (QED) is 0.150. The monoisotopic (exact) mass is 729 g/mol. The SMILES string of the molecule is CCCCCCCOC1C=CC(c2cnc(-c3ccc(C[C@H](NC(=O)c4ccc(C(C)(C)C)cc4)C(=O)NCC(=O)NS(C)(=O)=O)cc3)nc2)=CC1. The molecule has 4 rings (SSSR count). The van der Waals surface area contributed by atoms with Crippen molar-refractivity contribution in [1.29, 1.82) is 0 Å². The average molecular weight is 730 g/mol. The summed E-state index contributed by atoms with van der Waals surface area (Å²) in [5.74, 6) is -1.46. The summed E-state index contributed by atoms with van der Waals surface area (Å²) in [5, 5.41) is 5.21. The first-order valence-corrected chi connectivity index (χ1v) is 19.7. The Kier molecular flexibility index (Phi) is 14.4. The van der Waals surface area contributed by atoms with Gasteiger partial charge in [-0.3, -0.25) is 19.1 Å². The first kappa shape index (κ1) is 40.1. The van der Waals surface area contributed by atoms with Crippen molar-refractivity contribution in [2.45, 2.75) is 90.2 Å². The normalized spacial score (nSPS) is 15.0. The fourth-order valence-corrected chi connectivity index (χ4v) is 6.12. The fraction of sp³-hybridized carbons (Fsp3) is 0.425. The van der Waals surface area contributed by atoms with E-state index in [1.54, 1.807) is 24.5 Å². The molecule has 3 amide bonds. The molecule has 0 saturated heterocycles. The molecule has 0 radical (unpaired) electrons. The summed E-state index contributed by atoms with van der Waals surface area (Å²) in [7, 11) is -3.79. The maximum Gasteiger partial charge on any atom is 0.252 e. The highest BCUT2D eigenvalue weighted by molar-refractivity contribution is 7.89. The van der Waals surface area contributed by atoms with Crippen molar-refractivity contribution in [3.63, 3.8) is 0 Å². The highest BCUT2D eigenvalue weighted by Gasteiger charge is 2.24. The molecule has 0 bridgehead atoms. The minimum atomic E-state index is -3.79. The second kappa shape index (κ2) is 18.7. The van der Waals surface area contributed by atoms with Crippen LogP contribution >= 0.6 is 0 Å². The Morgan fingerprint density at radius 3 is 2.19 bits per heavy atom. The number of rotatable bonds is 17. The maximum absolute atomic E-state index is 13.2. The number of carbonyl (C=O) groups excluding carboxylic acids is 3. The Balaban J connectivity index is 1.39. The number of benzene rings is 2. The van der Waals surface area contributed by atoms with E-state index in [9.17, 15) is 22.8 Å². The minimum Gasteiger partial charge on any atom is -0.374 e. The molecular weight excluding hydrogens is 679 g/mol. The van der Waals surface area contributed by atoms with Crippen LogP contribution < -0.4 is 15.4 Å². The Labute approximate surface area is 307 Å². The summed E-state index contributed by atoms with van der Waals surface area (Å²) < 4.78 is 30.7. The number of amides is 3. The Hall–Kier alpha value is -4.68. The predicted molar refractivity (Wildman–Crippen MR) is 204 cm³/mol. The van der Waals surface area contributed by atoms with Crippen LogP contribution in [0.3, 0.4) is 0 Å². The second-order valence-corrected chi connectivity index (χ2v) is 15.9. The van der Waals surface area contributed by atoms with Crippen LogP contribution in [0, 0.1) is 0 Å². The van der Waals surface area contributed by atoms with Gasteiger partial charge in [-0.15, -0.1) is 0 Å². The van der Waals surface area contributed by atoms with Gasteiger partial charge in [-0.05, 0) is 47.1 Å². The molecule has 1 aromatic heterocycles. The molecule has 2 atom stereocenters. The van der Waals surface area contributed by atoms with Crippen molar-refractivity contribution in [1.82, 2.24) is 25.3 Å². The lowest BCUT2D eigenvalue weighted by atomic mass is 9.86. The Morgan fingerprint density at radius 1 is 0.923 bits per heavy atom. The number of hydrogen-bond donors (Lipinski definition) is 3. The lowest BCUT2D eigenvalue weighted by molar-refractivity contribution is -0.126. The Morgan fingerprint density at radius 2 is 1.60 bits per heavy atom. The molecule has 278 valence electrons. The van der Waals surface area contributed by atoms with Gasteiger partial charge in [0.1, 0.15) is 6.04 Å². The van der Waals surface area contributed by atoms with E-state index in [4.69, 9.17) is 4.74 Å². The number of nitrogens with zero attached hydrogens (tertiary/aromatic N) is 2. The third kappa shape index (κ3) is 12.8. The van der Waals surface area contributed by atoms with Crippen LogP contribution in [0.15, 0.2) is 79.2 Å². The van der Waals surface area contributed by atoms with Crippen LogP contribution in [0.2, 0.25) is 0 Å². The third-order valence-electron chi connectivity index (χ3n) is 8.63. The molecular formula is C40H51N5O6S. The molecule has 0 saturated carbocycles. The van der Waals surface area contributed by atoms with Crippen LogP contribution in [-0.4, -0.2) is 67.7 Å². The smallest absolute Gasteiger partial charge is 0.252 e. The van der Waals surface area contributed by atoms with Crippen LogP contribution in [0.25, 0.3) is 17.0 Å². The summed E-state index contributed by atoms with van der Waals surface area (Å²) in [6, 6.07) is 13.4.